The van der Waals surface area contributed by atoms with E-state index in [-0.39, 0.29) is 0 Å². The van der Waals surface area contributed by atoms with Gasteiger partial charge in [-0.05, 0) is 36.4 Å². The van der Waals surface area contributed by atoms with Crippen LogP contribution in [0, 0.1) is 0 Å². The van der Waals surface area contributed by atoms with Crippen LogP contribution in [0.15, 0.2) is 65.4 Å². The van der Waals surface area contributed by atoms with Gasteiger partial charge < -0.3 is 15.7 Å². The van der Waals surface area contributed by atoms with Crippen LogP contribution in [-0.2, 0) is 9.59 Å². The third-order valence-electron chi connectivity index (χ3n) is 3.37. The van der Waals surface area contributed by atoms with E-state index in [4.69, 9.17) is 5.11 Å². The molecule has 0 bridgehead atoms. The van der Waals surface area contributed by atoms with Gasteiger partial charge in [-0.3, -0.25) is 4.79 Å². The number of nitrogens with zero attached hydrogens (tertiary/aromatic N) is 2. The maximum atomic E-state index is 11.8. The van der Waals surface area contributed by atoms with Crippen molar-refractivity contribution in [1.82, 2.24) is 9.97 Å². The molecule has 1 aromatic heterocycles. The molecule has 0 atom stereocenters. The number of hydrogen-bond acceptors (Lipinski definition) is 5. The predicted octanol–water partition coefficient (Wildman–Crippen LogP) is 3.72. The Labute approximate surface area is 156 Å². The van der Waals surface area contributed by atoms with Crippen LogP contribution in [0.25, 0.3) is 10.9 Å². The Morgan fingerprint density at radius 2 is 1.88 bits per heavy atom. The SMILES string of the molecule is O=C(O)/C=C/C(=O)Nc1ccc2ncnc(Nc3cccc(Br)c3)c2c1. The fraction of sp³-hybridized carbons (Fsp3) is 0. The number of anilines is 3. The van der Waals surface area contributed by atoms with Gasteiger partial charge in [0.05, 0.1) is 5.52 Å². The number of carbonyl (C=O) groups excluding carboxylic acids is 1. The first-order valence-electron chi connectivity index (χ1n) is 7.50. The molecule has 8 heteroatoms. The first-order valence-corrected chi connectivity index (χ1v) is 8.30. The van der Waals surface area contributed by atoms with Crippen LogP contribution in [0.4, 0.5) is 17.2 Å². The van der Waals surface area contributed by atoms with Crippen LogP contribution in [0.1, 0.15) is 0 Å². The number of hydrogen-bond donors (Lipinski definition) is 3. The minimum absolute atomic E-state index is 0.504. The number of amides is 1. The van der Waals surface area contributed by atoms with Crippen molar-refractivity contribution in [3.63, 3.8) is 0 Å². The van der Waals surface area contributed by atoms with E-state index in [1.165, 1.54) is 6.33 Å². The zero-order valence-electron chi connectivity index (χ0n) is 13.3. The van der Waals surface area contributed by atoms with E-state index in [1.807, 2.05) is 24.3 Å². The number of carbonyl (C=O) groups is 2. The van der Waals surface area contributed by atoms with Crippen LogP contribution in [0.3, 0.4) is 0 Å². The maximum absolute atomic E-state index is 11.8. The molecule has 130 valence electrons. The minimum Gasteiger partial charge on any atom is -0.478 e. The molecule has 0 saturated heterocycles. The van der Waals surface area contributed by atoms with E-state index in [0.717, 1.165) is 22.3 Å². The summed E-state index contributed by atoms with van der Waals surface area (Å²) in [5.74, 6) is -1.14. The molecule has 7 nitrogen and oxygen atoms in total. The van der Waals surface area contributed by atoms with Gasteiger partial charge in [0.2, 0.25) is 5.91 Å². The summed E-state index contributed by atoms with van der Waals surface area (Å²) in [6.45, 7) is 0. The summed E-state index contributed by atoms with van der Waals surface area (Å²) in [6, 6.07) is 12.8. The largest absolute Gasteiger partial charge is 0.478 e. The van der Waals surface area contributed by atoms with Gasteiger partial charge in [-0.1, -0.05) is 22.0 Å². The van der Waals surface area contributed by atoms with Crippen molar-refractivity contribution in [1.29, 1.82) is 0 Å². The minimum atomic E-state index is -1.19. The van der Waals surface area contributed by atoms with E-state index < -0.39 is 11.9 Å². The maximum Gasteiger partial charge on any atom is 0.328 e. The van der Waals surface area contributed by atoms with Gasteiger partial charge in [0.25, 0.3) is 0 Å². The Morgan fingerprint density at radius 3 is 2.65 bits per heavy atom. The fourth-order valence-electron chi connectivity index (χ4n) is 2.27. The normalized spacial score (nSPS) is 10.8. The summed E-state index contributed by atoms with van der Waals surface area (Å²) < 4.78 is 0.930. The van der Waals surface area contributed by atoms with Gasteiger partial charge in [0.1, 0.15) is 12.1 Å². The summed E-state index contributed by atoms with van der Waals surface area (Å²) in [7, 11) is 0. The van der Waals surface area contributed by atoms with Crippen molar-refractivity contribution in [2.75, 3.05) is 10.6 Å². The molecule has 3 rings (SSSR count). The third kappa shape index (κ3) is 4.42. The highest BCUT2D eigenvalue weighted by molar-refractivity contribution is 9.10. The molecule has 1 amide bonds. The molecule has 0 radical (unpaired) electrons. The quantitative estimate of drug-likeness (QED) is 0.551. The average molecular weight is 413 g/mol. The number of fused-ring (bicyclic) bond motifs is 1. The van der Waals surface area contributed by atoms with Crippen LogP contribution < -0.4 is 10.6 Å². The highest BCUT2D eigenvalue weighted by Crippen LogP contribution is 2.26. The number of nitrogens with one attached hydrogen (secondary N) is 2. The molecule has 3 N–H and O–H groups in total. The molecule has 3 aromatic rings. The van der Waals surface area contributed by atoms with Crippen LogP contribution in [0.5, 0.6) is 0 Å². The van der Waals surface area contributed by atoms with Crippen LogP contribution >= 0.6 is 15.9 Å². The van der Waals surface area contributed by atoms with Crippen molar-refractivity contribution in [2.24, 2.45) is 0 Å². The summed E-state index contributed by atoms with van der Waals surface area (Å²) in [5, 5.41) is 15.1. The summed E-state index contributed by atoms with van der Waals surface area (Å²) in [4.78, 5) is 30.7. The second-order valence-electron chi connectivity index (χ2n) is 5.25. The lowest BCUT2D eigenvalue weighted by Crippen LogP contribution is -2.08. The standard InChI is InChI=1S/C18H13BrN4O3/c19-11-2-1-3-12(8-11)23-18-14-9-13(4-5-15(14)20-10-21-18)22-16(24)6-7-17(25)26/h1-10H,(H,22,24)(H,25,26)(H,20,21,23)/b7-6+. The zero-order chi connectivity index (χ0) is 18.5. The number of carboxylic acid groups (broad SMARTS) is 1. The molecule has 0 unspecified atom stereocenters. The highest BCUT2D eigenvalue weighted by Gasteiger charge is 2.07. The molecular formula is C18H13BrN4O3. The van der Waals surface area contributed by atoms with E-state index in [1.54, 1.807) is 18.2 Å². The lowest BCUT2D eigenvalue weighted by molar-refractivity contribution is -0.131. The van der Waals surface area contributed by atoms with Crippen molar-refractivity contribution in [2.45, 2.75) is 0 Å². The molecular weight excluding hydrogens is 400 g/mol. The summed E-state index contributed by atoms with van der Waals surface area (Å²) in [6.07, 6.45) is 3.19. The van der Waals surface area contributed by atoms with Gasteiger partial charge in [0.15, 0.2) is 0 Å². The van der Waals surface area contributed by atoms with Crippen molar-refractivity contribution in [3.8, 4) is 0 Å². The number of halogens is 1. The van der Waals surface area contributed by atoms with Crippen LogP contribution in [-0.4, -0.2) is 27.0 Å². The highest BCUT2D eigenvalue weighted by atomic mass is 79.9. The van der Waals surface area contributed by atoms with Crippen molar-refractivity contribution < 1.29 is 14.7 Å². The summed E-state index contributed by atoms with van der Waals surface area (Å²) in [5.41, 5.74) is 2.06. The van der Waals surface area contributed by atoms with Crippen LogP contribution in [0.2, 0.25) is 0 Å². The van der Waals surface area contributed by atoms with E-state index in [0.29, 0.717) is 22.4 Å². The van der Waals surface area contributed by atoms with Crippen molar-refractivity contribution >= 4 is 55.9 Å². The number of aromatic nitrogens is 2. The number of rotatable bonds is 5. The van der Waals surface area contributed by atoms with Gasteiger partial charge >= 0.3 is 5.97 Å². The smallest absolute Gasteiger partial charge is 0.328 e. The topological polar surface area (TPSA) is 104 Å². The Bertz CT molecular complexity index is 1020. The fourth-order valence-corrected chi connectivity index (χ4v) is 2.67. The second-order valence-corrected chi connectivity index (χ2v) is 6.17. The summed E-state index contributed by atoms with van der Waals surface area (Å²) >= 11 is 3.42. The molecule has 26 heavy (non-hydrogen) atoms. The lowest BCUT2D eigenvalue weighted by Gasteiger charge is -2.10. The van der Waals surface area contributed by atoms with Gasteiger partial charge in [0, 0.05) is 33.4 Å². The monoisotopic (exact) mass is 412 g/mol. The van der Waals surface area contributed by atoms with E-state index in [2.05, 4.69) is 36.5 Å². The Kier molecular flexibility index (Phi) is 5.23. The molecule has 0 aliphatic heterocycles. The molecule has 0 saturated carbocycles. The second kappa shape index (κ2) is 7.75. The van der Waals surface area contributed by atoms with Crippen molar-refractivity contribution in [3.05, 3.63) is 65.4 Å². The van der Waals surface area contributed by atoms with Gasteiger partial charge in [-0.2, -0.15) is 0 Å². The molecule has 0 aliphatic carbocycles. The Morgan fingerprint density at radius 1 is 1.04 bits per heavy atom. The molecule has 2 aromatic carbocycles. The van der Waals surface area contributed by atoms with Gasteiger partial charge in [-0.25, -0.2) is 14.8 Å². The Balaban J connectivity index is 1.90. The zero-order valence-corrected chi connectivity index (χ0v) is 14.9. The van der Waals surface area contributed by atoms with E-state index >= 15 is 0 Å². The number of carboxylic acids is 1. The molecule has 1 heterocycles. The average Bonchev–Trinajstić information content (AvgIpc) is 2.60. The molecule has 0 spiro atoms. The number of aliphatic carboxylic acids is 1. The number of benzene rings is 2. The van der Waals surface area contributed by atoms with E-state index in [9.17, 15) is 9.59 Å². The molecule has 0 aliphatic rings. The Hall–Kier alpha value is -3.26. The first-order chi connectivity index (χ1) is 12.5. The first kappa shape index (κ1) is 17.6. The predicted molar refractivity (Wildman–Crippen MR) is 102 cm³/mol. The van der Waals surface area contributed by atoms with Gasteiger partial charge in [-0.15, -0.1) is 0 Å². The lowest BCUT2D eigenvalue weighted by atomic mass is 10.2. The molecule has 0 fully saturated rings. The third-order valence-corrected chi connectivity index (χ3v) is 3.86.